The minimum Gasteiger partial charge on any atom is -0.464 e. The highest BCUT2D eigenvalue weighted by Crippen LogP contribution is 2.22. The first-order valence-electron chi connectivity index (χ1n) is 5.71. The van der Waals surface area contributed by atoms with Gasteiger partial charge >= 0.3 is 0 Å². The molecular formula is C13H16BrN3O. The zero-order chi connectivity index (χ0) is 13.1. The number of aromatic nitrogens is 1. The molecule has 18 heavy (non-hydrogen) atoms. The number of nitrogens with zero attached hydrogens (tertiary/aromatic N) is 2. The Hall–Kier alpha value is -1.33. The lowest BCUT2D eigenvalue weighted by Crippen LogP contribution is -2.20. The molecule has 0 saturated heterocycles. The molecule has 0 aliphatic rings. The number of hydrogen-bond acceptors (Lipinski definition) is 4. The number of furan rings is 1. The van der Waals surface area contributed by atoms with Crippen molar-refractivity contribution >= 4 is 21.7 Å². The van der Waals surface area contributed by atoms with Gasteiger partial charge in [0.1, 0.15) is 17.3 Å². The molecule has 4 nitrogen and oxygen atoms in total. The van der Waals surface area contributed by atoms with Crippen LogP contribution < -0.4 is 10.6 Å². The van der Waals surface area contributed by atoms with Gasteiger partial charge in [0.05, 0.1) is 6.54 Å². The summed E-state index contributed by atoms with van der Waals surface area (Å²) in [7, 11) is 1.98. The summed E-state index contributed by atoms with van der Waals surface area (Å²) < 4.78 is 6.50. The summed E-state index contributed by atoms with van der Waals surface area (Å²) >= 11 is 3.40. The Morgan fingerprint density at radius 3 is 2.83 bits per heavy atom. The monoisotopic (exact) mass is 309 g/mol. The van der Waals surface area contributed by atoms with Crippen molar-refractivity contribution in [3.8, 4) is 0 Å². The van der Waals surface area contributed by atoms with Gasteiger partial charge in [0, 0.05) is 29.8 Å². The number of aryl methyl sites for hydroxylation is 1. The van der Waals surface area contributed by atoms with Crippen LogP contribution in [0.5, 0.6) is 0 Å². The summed E-state index contributed by atoms with van der Waals surface area (Å²) in [6, 6.07) is 5.93. The van der Waals surface area contributed by atoms with Crippen LogP contribution in [0.3, 0.4) is 0 Å². The predicted molar refractivity (Wildman–Crippen MR) is 75.4 cm³/mol. The normalized spacial score (nSPS) is 10.7. The van der Waals surface area contributed by atoms with Crippen LogP contribution in [0.1, 0.15) is 17.1 Å². The molecule has 0 unspecified atom stereocenters. The summed E-state index contributed by atoms with van der Waals surface area (Å²) in [6.45, 7) is 3.07. The zero-order valence-electron chi connectivity index (χ0n) is 10.5. The van der Waals surface area contributed by atoms with Gasteiger partial charge in [-0.05, 0) is 41.1 Å². The summed E-state index contributed by atoms with van der Waals surface area (Å²) in [5.74, 6) is 2.72. The largest absolute Gasteiger partial charge is 0.464 e. The first-order valence-corrected chi connectivity index (χ1v) is 6.50. The minimum atomic E-state index is 0.462. The molecule has 0 bridgehead atoms. The molecule has 0 atom stereocenters. The van der Waals surface area contributed by atoms with Gasteiger partial charge < -0.3 is 15.1 Å². The molecular weight excluding hydrogens is 294 g/mol. The van der Waals surface area contributed by atoms with Gasteiger partial charge in [-0.2, -0.15) is 0 Å². The van der Waals surface area contributed by atoms with E-state index < -0.39 is 0 Å². The van der Waals surface area contributed by atoms with Crippen molar-refractivity contribution in [3.05, 3.63) is 46.0 Å². The SMILES string of the molecule is Cc1ccc(CN(C)c2ncc(Br)cc2CN)o1. The van der Waals surface area contributed by atoms with E-state index in [1.54, 1.807) is 6.20 Å². The van der Waals surface area contributed by atoms with E-state index in [1.165, 1.54) is 0 Å². The minimum absolute atomic E-state index is 0.462. The van der Waals surface area contributed by atoms with E-state index in [9.17, 15) is 0 Å². The van der Waals surface area contributed by atoms with Crippen LogP contribution in [0.4, 0.5) is 5.82 Å². The maximum absolute atomic E-state index is 5.74. The van der Waals surface area contributed by atoms with Gasteiger partial charge in [0.25, 0.3) is 0 Å². The number of hydrogen-bond donors (Lipinski definition) is 1. The Kier molecular flexibility index (Phi) is 4.04. The molecule has 5 heteroatoms. The molecule has 0 radical (unpaired) electrons. The maximum atomic E-state index is 5.74. The third-order valence-corrected chi connectivity index (χ3v) is 3.11. The lowest BCUT2D eigenvalue weighted by molar-refractivity contribution is 0.481. The third-order valence-electron chi connectivity index (χ3n) is 2.68. The smallest absolute Gasteiger partial charge is 0.133 e. The zero-order valence-corrected chi connectivity index (χ0v) is 12.1. The van der Waals surface area contributed by atoms with E-state index >= 15 is 0 Å². The molecule has 0 aliphatic heterocycles. The van der Waals surface area contributed by atoms with E-state index in [4.69, 9.17) is 10.2 Å². The second-order valence-electron chi connectivity index (χ2n) is 4.21. The van der Waals surface area contributed by atoms with Gasteiger partial charge in [-0.25, -0.2) is 4.98 Å². The molecule has 0 aliphatic carbocycles. The Morgan fingerprint density at radius 1 is 1.44 bits per heavy atom. The van der Waals surface area contributed by atoms with Gasteiger partial charge in [0.2, 0.25) is 0 Å². The number of anilines is 1. The molecule has 2 heterocycles. The molecule has 0 fully saturated rings. The number of nitrogens with two attached hydrogens (primary N) is 1. The van der Waals surface area contributed by atoms with E-state index in [0.717, 1.165) is 27.4 Å². The van der Waals surface area contributed by atoms with Crippen LogP contribution in [0.15, 0.2) is 33.3 Å². The number of rotatable bonds is 4. The standard InChI is InChI=1S/C13H16BrN3O/c1-9-3-4-12(18-9)8-17(2)13-10(6-15)5-11(14)7-16-13/h3-5,7H,6,8,15H2,1-2H3. The van der Waals surface area contributed by atoms with Crippen molar-refractivity contribution in [2.45, 2.75) is 20.0 Å². The molecule has 0 saturated carbocycles. The second kappa shape index (κ2) is 5.54. The second-order valence-corrected chi connectivity index (χ2v) is 5.12. The van der Waals surface area contributed by atoms with E-state index in [2.05, 4.69) is 20.9 Å². The van der Waals surface area contributed by atoms with Crippen molar-refractivity contribution in [2.75, 3.05) is 11.9 Å². The van der Waals surface area contributed by atoms with Crippen LogP contribution in [0, 0.1) is 6.92 Å². The summed E-state index contributed by atoms with van der Waals surface area (Å²) in [5, 5.41) is 0. The lowest BCUT2D eigenvalue weighted by atomic mass is 10.2. The quantitative estimate of drug-likeness (QED) is 0.943. The summed E-state index contributed by atoms with van der Waals surface area (Å²) in [5.41, 5.74) is 6.75. The van der Waals surface area contributed by atoms with Gasteiger partial charge in [-0.15, -0.1) is 0 Å². The summed E-state index contributed by atoms with van der Waals surface area (Å²) in [4.78, 5) is 6.44. The van der Waals surface area contributed by atoms with E-state index in [0.29, 0.717) is 13.1 Å². The third kappa shape index (κ3) is 2.91. The molecule has 2 rings (SSSR count). The Bertz CT molecular complexity index is 539. The van der Waals surface area contributed by atoms with Crippen LogP contribution in [0.2, 0.25) is 0 Å². The van der Waals surface area contributed by atoms with Crippen molar-refractivity contribution < 1.29 is 4.42 Å². The van der Waals surface area contributed by atoms with Crippen molar-refractivity contribution in [1.29, 1.82) is 0 Å². The first kappa shape index (κ1) is 13.1. The number of pyridine rings is 1. The molecule has 2 aromatic rings. The number of halogens is 1. The fourth-order valence-electron chi connectivity index (χ4n) is 1.85. The Balaban J connectivity index is 2.20. The predicted octanol–water partition coefficient (Wildman–Crippen LogP) is 2.84. The van der Waals surface area contributed by atoms with Gasteiger partial charge in [0.15, 0.2) is 0 Å². The fraction of sp³-hybridized carbons (Fsp3) is 0.308. The molecule has 0 amide bonds. The molecule has 0 spiro atoms. The van der Waals surface area contributed by atoms with Crippen LogP contribution >= 0.6 is 15.9 Å². The molecule has 96 valence electrons. The summed E-state index contributed by atoms with van der Waals surface area (Å²) in [6.07, 6.45) is 1.78. The molecule has 0 aromatic carbocycles. The maximum Gasteiger partial charge on any atom is 0.133 e. The molecule has 2 N–H and O–H groups in total. The van der Waals surface area contributed by atoms with Crippen LogP contribution in [0.25, 0.3) is 0 Å². The van der Waals surface area contributed by atoms with E-state index in [-0.39, 0.29) is 0 Å². The van der Waals surface area contributed by atoms with Crippen molar-refractivity contribution in [3.63, 3.8) is 0 Å². The first-order chi connectivity index (χ1) is 8.60. The van der Waals surface area contributed by atoms with Crippen LogP contribution in [-0.4, -0.2) is 12.0 Å². The Morgan fingerprint density at radius 2 is 2.22 bits per heavy atom. The van der Waals surface area contributed by atoms with E-state index in [1.807, 2.05) is 37.1 Å². The molecule has 2 aromatic heterocycles. The van der Waals surface area contributed by atoms with Crippen LogP contribution in [-0.2, 0) is 13.1 Å². The highest BCUT2D eigenvalue weighted by atomic mass is 79.9. The average Bonchev–Trinajstić information content (AvgIpc) is 2.74. The topological polar surface area (TPSA) is 55.3 Å². The highest BCUT2D eigenvalue weighted by molar-refractivity contribution is 9.10. The average molecular weight is 310 g/mol. The highest BCUT2D eigenvalue weighted by Gasteiger charge is 2.11. The van der Waals surface area contributed by atoms with Crippen molar-refractivity contribution in [2.24, 2.45) is 5.73 Å². The van der Waals surface area contributed by atoms with Gasteiger partial charge in [-0.1, -0.05) is 0 Å². The van der Waals surface area contributed by atoms with Crippen molar-refractivity contribution in [1.82, 2.24) is 4.98 Å². The van der Waals surface area contributed by atoms with Gasteiger partial charge in [-0.3, -0.25) is 0 Å². The Labute approximate surface area is 115 Å². The lowest BCUT2D eigenvalue weighted by Gasteiger charge is -2.19. The fourth-order valence-corrected chi connectivity index (χ4v) is 2.23.